The second-order valence-corrected chi connectivity index (χ2v) is 4.83. The summed E-state index contributed by atoms with van der Waals surface area (Å²) >= 11 is 0. The van der Waals surface area contributed by atoms with Crippen LogP contribution in [0.15, 0.2) is 6.20 Å². The van der Waals surface area contributed by atoms with E-state index in [-0.39, 0.29) is 5.91 Å². The van der Waals surface area contributed by atoms with Crippen LogP contribution < -0.4 is 5.73 Å². The monoisotopic (exact) mass is 250 g/mol. The van der Waals surface area contributed by atoms with Gasteiger partial charge in [-0.3, -0.25) is 9.48 Å². The topological polar surface area (TPSA) is 64.2 Å². The highest BCUT2D eigenvalue weighted by Crippen LogP contribution is 2.30. The van der Waals surface area contributed by atoms with Crippen LogP contribution in [0.2, 0.25) is 0 Å². The van der Waals surface area contributed by atoms with Crippen molar-refractivity contribution in [1.29, 1.82) is 0 Å². The molecule has 1 amide bonds. The van der Waals surface area contributed by atoms with E-state index < -0.39 is 0 Å². The molecule has 1 fully saturated rings. The number of nitrogens with two attached hydrogens (primary N) is 1. The van der Waals surface area contributed by atoms with Gasteiger partial charge in [0.1, 0.15) is 0 Å². The lowest BCUT2D eigenvalue weighted by Gasteiger charge is -2.17. The summed E-state index contributed by atoms with van der Waals surface area (Å²) in [6.45, 7) is 5.30. The highest BCUT2D eigenvalue weighted by Gasteiger charge is 2.23. The van der Waals surface area contributed by atoms with Gasteiger partial charge < -0.3 is 10.6 Å². The van der Waals surface area contributed by atoms with E-state index in [0.717, 1.165) is 12.8 Å². The normalized spacial score (nSPS) is 16.1. The molecule has 1 aromatic heterocycles. The molecule has 5 nitrogen and oxygen atoms in total. The maximum Gasteiger partial charge on any atom is 0.276 e. The number of aromatic nitrogens is 2. The largest absolute Gasteiger partial charge is 0.396 e. The number of carbonyl (C=O) groups is 1. The van der Waals surface area contributed by atoms with Crippen molar-refractivity contribution in [3.8, 4) is 0 Å². The van der Waals surface area contributed by atoms with Gasteiger partial charge in [0.05, 0.1) is 11.7 Å². The average Bonchev–Trinajstić information content (AvgIpc) is 2.99. The van der Waals surface area contributed by atoms with E-state index in [1.165, 1.54) is 12.8 Å². The van der Waals surface area contributed by atoms with Crippen molar-refractivity contribution >= 4 is 11.6 Å². The molecule has 0 atom stereocenters. The first-order valence-corrected chi connectivity index (χ1v) is 6.81. The number of anilines is 1. The van der Waals surface area contributed by atoms with E-state index in [1.54, 1.807) is 4.90 Å². The lowest BCUT2D eigenvalue weighted by molar-refractivity contribution is 0.0767. The van der Waals surface area contributed by atoms with Crippen molar-refractivity contribution in [1.82, 2.24) is 14.7 Å². The number of nitrogen functional groups attached to an aromatic ring is 1. The fraction of sp³-hybridized carbons (Fsp3) is 0.692. The zero-order valence-electron chi connectivity index (χ0n) is 11.2. The maximum atomic E-state index is 12.2. The molecule has 0 aromatic carbocycles. The van der Waals surface area contributed by atoms with Crippen LogP contribution in [0.5, 0.6) is 0 Å². The SMILES string of the molecule is CCN(CC)C(=O)c1nn(C2CCCC2)cc1N. The van der Waals surface area contributed by atoms with Gasteiger partial charge in [0.25, 0.3) is 5.91 Å². The third-order valence-corrected chi connectivity index (χ3v) is 3.71. The van der Waals surface area contributed by atoms with Gasteiger partial charge in [0, 0.05) is 19.3 Å². The molecule has 2 rings (SSSR count). The van der Waals surface area contributed by atoms with Crippen molar-refractivity contribution in [2.45, 2.75) is 45.6 Å². The molecule has 0 aliphatic heterocycles. The Balaban J connectivity index is 2.20. The van der Waals surface area contributed by atoms with Gasteiger partial charge in [-0.1, -0.05) is 12.8 Å². The number of hydrogen-bond donors (Lipinski definition) is 1. The Hall–Kier alpha value is -1.52. The Bertz CT molecular complexity index is 417. The van der Waals surface area contributed by atoms with Gasteiger partial charge >= 0.3 is 0 Å². The number of hydrogen-bond acceptors (Lipinski definition) is 3. The molecule has 0 unspecified atom stereocenters. The Morgan fingerprint density at radius 2 is 2.06 bits per heavy atom. The summed E-state index contributed by atoms with van der Waals surface area (Å²) in [6, 6.07) is 0.422. The first-order valence-electron chi connectivity index (χ1n) is 6.81. The minimum atomic E-state index is -0.0609. The first kappa shape index (κ1) is 12.9. The summed E-state index contributed by atoms with van der Waals surface area (Å²) in [5, 5.41) is 4.41. The van der Waals surface area contributed by atoms with Crippen LogP contribution in [0, 0.1) is 0 Å². The first-order chi connectivity index (χ1) is 8.67. The third kappa shape index (κ3) is 2.35. The van der Waals surface area contributed by atoms with E-state index in [9.17, 15) is 4.79 Å². The van der Waals surface area contributed by atoms with Crippen LogP contribution >= 0.6 is 0 Å². The summed E-state index contributed by atoms with van der Waals surface area (Å²) in [4.78, 5) is 14.0. The number of amides is 1. The summed E-state index contributed by atoms with van der Waals surface area (Å²) in [5.74, 6) is -0.0609. The molecule has 5 heteroatoms. The van der Waals surface area contributed by atoms with Crippen LogP contribution in [0.4, 0.5) is 5.69 Å². The van der Waals surface area contributed by atoms with Crippen molar-refractivity contribution in [3.63, 3.8) is 0 Å². The summed E-state index contributed by atoms with van der Waals surface area (Å²) in [7, 11) is 0. The Kier molecular flexibility index (Phi) is 3.89. The van der Waals surface area contributed by atoms with E-state index in [4.69, 9.17) is 5.73 Å². The lowest BCUT2D eigenvalue weighted by atomic mass is 10.3. The Labute approximate surface area is 108 Å². The van der Waals surface area contributed by atoms with Gasteiger partial charge in [-0.05, 0) is 26.7 Å². The minimum absolute atomic E-state index is 0.0609. The van der Waals surface area contributed by atoms with E-state index in [0.29, 0.717) is 30.5 Å². The molecule has 18 heavy (non-hydrogen) atoms. The van der Waals surface area contributed by atoms with Gasteiger partial charge in [0.15, 0.2) is 5.69 Å². The molecule has 1 saturated carbocycles. The van der Waals surface area contributed by atoms with Crippen LogP contribution in [-0.4, -0.2) is 33.7 Å². The Morgan fingerprint density at radius 1 is 1.44 bits per heavy atom. The van der Waals surface area contributed by atoms with Crippen molar-refractivity contribution < 1.29 is 4.79 Å². The molecular formula is C13H22N4O. The maximum absolute atomic E-state index is 12.2. The highest BCUT2D eigenvalue weighted by atomic mass is 16.2. The van der Waals surface area contributed by atoms with Crippen LogP contribution in [-0.2, 0) is 0 Å². The smallest absolute Gasteiger partial charge is 0.276 e. The fourth-order valence-corrected chi connectivity index (χ4v) is 2.59. The quantitative estimate of drug-likeness (QED) is 0.889. The van der Waals surface area contributed by atoms with Gasteiger partial charge in [0.2, 0.25) is 0 Å². The molecule has 2 N–H and O–H groups in total. The summed E-state index contributed by atoms with van der Waals surface area (Å²) in [5.41, 5.74) is 6.83. The predicted octanol–water partition coefficient (Wildman–Crippen LogP) is 2.06. The second kappa shape index (κ2) is 5.42. The van der Waals surface area contributed by atoms with Gasteiger partial charge in [-0.25, -0.2) is 0 Å². The van der Waals surface area contributed by atoms with Gasteiger partial charge in [-0.2, -0.15) is 5.10 Å². The average molecular weight is 250 g/mol. The molecule has 100 valence electrons. The zero-order chi connectivity index (χ0) is 13.1. The minimum Gasteiger partial charge on any atom is -0.396 e. The molecule has 1 aliphatic rings. The molecule has 0 radical (unpaired) electrons. The van der Waals surface area contributed by atoms with Crippen LogP contribution in [0.1, 0.15) is 56.1 Å². The summed E-state index contributed by atoms with van der Waals surface area (Å²) in [6.07, 6.45) is 6.57. The number of rotatable bonds is 4. The third-order valence-electron chi connectivity index (χ3n) is 3.71. The van der Waals surface area contributed by atoms with E-state index >= 15 is 0 Å². The molecule has 0 saturated heterocycles. The van der Waals surface area contributed by atoms with E-state index in [2.05, 4.69) is 5.10 Å². The molecule has 1 heterocycles. The molecule has 0 bridgehead atoms. The number of nitrogens with zero attached hydrogens (tertiary/aromatic N) is 3. The van der Waals surface area contributed by atoms with Gasteiger partial charge in [-0.15, -0.1) is 0 Å². The fourth-order valence-electron chi connectivity index (χ4n) is 2.59. The second-order valence-electron chi connectivity index (χ2n) is 4.83. The van der Waals surface area contributed by atoms with Crippen molar-refractivity contribution in [3.05, 3.63) is 11.9 Å². The zero-order valence-corrected chi connectivity index (χ0v) is 11.2. The predicted molar refractivity (Wildman–Crippen MR) is 71.4 cm³/mol. The number of carbonyl (C=O) groups excluding carboxylic acids is 1. The molecule has 1 aliphatic carbocycles. The highest BCUT2D eigenvalue weighted by molar-refractivity contribution is 5.97. The molecule has 0 spiro atoms. The van der Waals surface area contributed by atoms with Crippen LogP contribution in [0.3, 0.4) is 0 Å². The van der Waals surface area contributed by atoms with Crippen LogP contribution in [0.25, 0.3) is 0 Å². The Morgan fingerprint density at radius 3 is 2.61 bits per heavy atom. The summed E-state index contributed by atoms with van der Waals surface area (Å²) < 4.78 is 1.89. The van der Waals surface area contributed by atoms with E-state index in [1.807, 2.05) is 24.7 Å². The van der Waals surface area contributed by atoms with Crippen molar-refractivity contribution in [2.75, 3.05) is 18.8 Å². The lowest BCUT2D eigenvalue weighted by Crippen LogP contribution is -2.31. The molecular weight excluding hydrogens is 228 g/mol. The standard InChI is InChI=1S/C13H22N4O/c1-3-16(4-2)13(18)12-11(14)9-17(15-12)10-7-5-6-8-10/h9-10H,3-8,14H2,1-2H3. The molecule has 1 aromatic rings. The van der Waals surface area contributed by atoms with Crippen molar-refractivity contribution in [2.24, 2.45) is 0 Å².